The van der Waals surface area contributed by atoms with Gasteiger partial charge in [-0.25, -0.2) is 4.39 Å². The van der Waals surface area contributed by atoms with E-state index in [-0.39, 0.29) is 5.82 Å². The van der Waals surface area contributed by atoms with Crippen molar-refractivity contribution in [3.63, 3.8) is 0 Å². The molecular formula is C16H25FN2O. The molecule has 1 N–H and O–H groups in total. The third kappa shape index (κ3) is 4.46. The van der Waals surface area contributed by atoms with Crippen molar-refractivity contribution in [1.29, 1.82) is 0 Å². The summed E-state index contributed by atoms with van der Waals surface area (Å²) in [6.45, 7) is 6.46. The molecule has 1 heterocycles. The van der Waals surface area contributed by atoms with Gasteiger partial charge >= 0.3 is 0 Å². The van der Waals surface area contributed by atoms with Crippen molar-refractivity contribution in [2.24, 2.45) is 0 Å². The topological polar surface area (TPSA) is 24.5 Å². The highest BCUT2D eigenvalue weighted by atomic mass is 19.1. The second-order valence-electron chi connectivity index (χ2n) is 5.61. The minimum Gasteiger partial charge on any atom is -0.494 e. The predicted octanol–water partition coefficient (Wildman–Crippen LogP) is 2.80. The average molecular weight is 280 g/mol. The summed E-state index contributed by atoms with van der Waals surface area (Å²) in [6.07, 6.45) is 4.01. The normalized spacial score (nSPS) is 17.9. The number of hydrogen-bond donors (Lipinski definition) is 1. The molecule has 1 saturated heterocycles. The van der Waals surface area contributed by atoms with Crippen LogP contribution in [0.2, 0.25) is 0 Å². The molecule has 0 spiro atoms. The Balaban J connectivity index is 1.78. The Morgan fingerprint density at radius 3 is 2.75 bits per heavy atom. The first-order chi connectivity index (χ1) is 9.69. The van der Waals surface area contributed by atoms with Crippen molar-refractivity contribution < 1.29 is 9.13 Å². The van der Waals surface area contributed by atoms with Crippen molar-refractivity contribution in [2.45, 2.75) is 38.8 Å². The number of likely N-dealkylation sites (tertiary alicyclic amines) is 1. The van der Waals surface area contributed by atoms with Crippen LogP contribution in [0.5, 0.6) is 5.75 Å². The highest BCUT2D eigenvalue weighted by Gasteiger charge is 2.13. The molecule has 1 aliphatic heterocycles. The zero-order valence-corrected chi connectivity index (χ0v) is 12.5. The standard InChI is InChI=1S/C16H25FN2O/c1-13(12-19-8-4-3-5-9-19)18-11-14-6-7-15(17)16(10-14)20-2/h6-7,10,13,18H,3-5,8-9,11-12H2,1-2H3. The molecule has 3 nitrogen and oxygen atoms in total. The molecule has 20 heavy (non-hydrogen) atoms. The third-order valence-electron chi connectivity index (χ3n) is 3.85. The van der Waals surface area contributed by atoms with E-state index in [1.807, 2.05) is 0 Å². The largest absolute Gasteiger partial charge is 0.494 e. The number of halogens is 1. The Bertz CT molecular complexity index is 419. The summed E-state index contributed by atoms with van der Waals surface area (Å²) in [5, 5.41) is 3.50. The van der Waals surface area contributed by atoms with E-state index in [9.17, 15) is 4.39 Å². The minimum atomic E-state index is -0.308. The number of methoxy groups -OCH3 is 1. The first-order valence-corrected chi connectivity index (χ1v) is 7.47. The lowest BCUT2D eigenvalue weighted by atomic mass is 10.1. The number of piperidine rings is 1. The van der Waals surface area contributed by atoms with Crippen LogP contribution in [-0.4, -0.2) is 37.7 Å². The summed E-state index contributed by atoms with van der Waals surface area (Å²) in [6, 6.07) is 5.46. The van der Waals surface area contributed by atoms with Crippen LogP contribution in [0, 0.1) is 5.82 Å². The number of nitrogens with zero attached hydrogens (tertiary/aromatic N) is 1. The summed E-state index contributed by atoms with van der Waals surface area (Å²) >= 11 is 0. The molecule has 1 fully saturated rings. The third-order valence-corrected chi connectivity index (χ3v) is 3.85. The quantitative estimate of drug-likeness (QED) is 0.867. The number of hydrogen-bond acceptors (Lipinski definition) is 3. The van der Waals surface area contributed by atoms with Gasteiger partial charge in [-0.05, 0) is 50.6 Å². The Kier molecular flexibility index (Phi) is 5.80. The van der Waals surface area contributed by atoms with E-state index >= 15 is 0 Å². The van der Waals surface area contributed by atoms with Crippen LogP contribution in [0.1, 0.15) is 31.7 Å². The van der Waals surface area contributed by atoms with Gasteiger partial charge in [0.1, 0.15) is 0 Å². The number of nitrogens with one attached hydrogen (secondary N) is 1. The first kappa shape index (κ1) is 15.3. The highest BCUT2D eigenvalue weighted by Crippen LogP contribution is 2.18. The Morgan fingerprint density at radius 2 is 2.05 bits per heavy atom. The van der Waals surface area contributed by atoms with E-state index < -0.39 is 0 Å². The fourth-order valence-electron chi connectivity index (χ4n) is 2.70. The van der Waals surface area contributed by atoms with E-state index in [0.717, 1.165) is 18.7 Å². The van der Waals surface area contributed by atoms with Gasteiger partial charge in [0.05, 0.1) is 7.11 Å². The van der Waals surface area contributed by atoms with Gasteiger partial charge in [-0.3, -0.25) is 0 Å². The van der Waals surface area contributed by atoms with Gasteiger partial charge < -0.3 is 15.0 Å². The van der Waals surface area contributed by atoms with Crippen LogP contribution < -0.4 is 10.1 Å². The summed E-state index contributed by atoms with van der Waals surface area (Å²) in [5.74, 6) is 0.00518. The first-order valence-electron chi connectivity index (χ1n) is 7.47. The van der Waals surface area contributed by atoms with Crippen LogP contribution in [0.25, 0.3) is 0 Å². The fourth-order valence-corrected chi connectivity index (χ4v) is 2.70. The van der Waals surface area contributed by atoms with Crippen LogP contribution in [0.15, 0.2) is 18.2 Å². The lowest BCUT2D eigenvalue weighted by Crippen LogP contribution is -2.41. The van der Waals surface area contributed by atoms with Crippen LogP contribution in [0.4, 0.5) is 4.39 Å². The second kappa shape index (κ2) is 7.60. The van der Waals surface area contributed by atoms with Crippen LogP contribution >= 0.6 is 0 Å². The van der Waals surface area contributed by atoms with E-state index in [2.05, 4.69) is 17.1 Å². The van der Waals surface area contributed by atoms with Crippen molar-refractivity contribution in [3.8, 4) is 5.75 Å². The molecule has 1 atom stereocenters. The molecule has 1 aliphatic rings. The lowest BCUT2D eigenvalue weighted by molar-refractivity contribution is 0.209. The Morgan fingerprint density at radius 1 is 1.30 bits per heavy atom. The Hall–Kier alpha value is -1.13. The molecule has 0 amide bonds. The predicted molar refractivity (Wildman–Crippen MR) is 79.5 cm³/mol. The van der Waals surface area contributed by atoms with Crippen LogP contribution in [0.3, 0.4) is 0 Å². The highest BCUT2D eigenvalue weighted by molar-refractivity contribution is 5.30. The van der Waals surface area contributed by atoms with Crippen molar-refractivity contribution in [1.82, 2.24) is 10.2 Å². The van der Waals surface area contributed by atoms with Gasteiger partial charge in [-0.2, -0.15) is 0 Å². The van der Waals surface area contributed by atoms with Gasteiger partial charge in [-0.15, -0.1) is 0 Å². The molecule has 0 bridgehead atoms. The Labute approximate surface area is 121 Å². The van der Waals surface area contributed by atoms with E-state index in [1.165, 1.54) is 45.5 Å². The minimum absolute atomic E-state index is 0.308. The lowest BCUT2D eigenvalue weighted by Gasteiger charge is -2.29. The molecule has 0 radical (unpaired) electrons. The number of benzene rings is 1. The molecule has 1 aromatic carbocycles. The number of rotatable bonds is 6. The molecular weight excluding hydrogens is 255 g/mol. The zero-order chi connectivity index (χ0) is 14.4. The smallest absolute Gasteiger partial charge is 0.165 e. The van der Waals surface area contributed by atoms with Crippen molar-refractivity contribution in [3.05, 3.63) is 29.6 Å². The van der Waals surface area contributed by atoms with Gasteiger partial charge in [0, 0.05) is 19.1 Å². The summed E-state index contributed by atoms with van der Waals surface area (Å²) in [4.78, 5) is 2.52. The van der Waals surface area contributed by atoms with E-state index in [4.69, 9.17) is 4.74 Å². The van der Waals surface area contributed by atoms with Crippen molar-refractivity contribution >= 4 is 0 Å². The van der Waals surface area contributed by atoms with Crippen LogP contribution in [-0.2, 0) is 6.54 Å². The molecule has 0 aromatic heterocycles. The molecule has 1 unspecified atom stereocenters. The molecule has 2 rings (SSSR count). The van der Waals surface area contributed by atoms with Gasteiger partial charge in [0.25, 0.3) is 0 Å². The molecule has 4 heteroatoms. The zero-order valence-electron chi connectivity index (χ0n) is 12.5. The SMILES string of the molecule is COc1cc(CNC(C)CN2CCCCC2)ccc1F. The second-order valence-corrected chi connectivity index (χ2v) is 5.61. The number of ether oxygens (including phenoxy) is 1. The summed E-state index contributed by atoms with van der Waals surface area (Å²) in [5.41, 5.74) is 1.05. The van der Waals surface area contributed by atoms with Gasteiger partial charge in [0.2, 0.25) is 0 Å². The van der Waals surface area contributed by atoms with Gasteiger partial charge in [-0.1, -0.05) is 12.5 Å². The fraction of sp³-hybridized carbons (Fsp3) is 0.625. The summed E-state index contributed by atoms with van der Waals surface area (Å²) < 4.78 is 18.3. The van der Waals surface area contributed by atoms with E-state index in [0.29, 0.717) is 11.8 Å². The maximum Gasteiger partial charge on any atom is 0.165 e. The molecule has 0 saturated carbocycles. The molecule has 0 aliphatic carbocycles. The molecule has 1 aromatic rings. The maximum absolute atomic E-state index is 13.3. The monoisotopic (exact) mass is 280 g/mol. The van der Waals surface area contributed by atoms with Gasteiger partial charge in [0.15, 0.2) is 11.6 Å². The molecule has 112 valence electrons. The summed E-state index contributed by atoms with van der Waals surface area (Å²) in [7, 11) is 1.49. The average Bonchev–Trinajstić information content (AvgIpc) is 2.47. The maximum atomic E-state index is 13.3. The van der Waals surface area contributed by atoms with Crippen molar-refractivity contribution in [2.75, 3.05) is 26.7 Å². The van der Waals surface area contributed by atoms with E-state index in [1.54, 1.807) is 12.1 Å².